The van der Waals surface area contributed by atoms with Gasteiger partial charge in [-0.2, -0.15) is 13.2 Å². The maximum atomic E-state index is 14.2. The number of benzodiazepines with no additional fused rings is 1. The summed E-state index contributed by atoms with van der Waals surface area (Å²) >= 11 is 0. The molecule has 2 amide bonds. The average Bonchev–Trinajstić information content (AvgIpc) is 3.84. The highest BCUT2D eigenvalue weighted by molar-refractivity contribution is 6.20. The van der Waals surface area contributed by atoms with Crippen molar-refractivity contribution in [1.29, 1.82) is 0 Å². The first kappa shape index (κ1) is 30.5. The van der Waals surface area contributed by atoms with Gasteiger partial charge in [0.2, 0.25) is 12.1 Å². The number of aliphatic imine (C=N–C) groups is 1. The molecule has 9 heteroatoms. The molecule has 1 aliphatic carbocycles. The number of benzene rings is 3. The first-order chi connectivity index (χ1) is 20.7. The number of alkyl halides is 3. The third-order valence-corrected chi connectivity index (χ3v) is 8.10. The van der Waals surface area contributed by atoms with Gasteiger partial charge in [0, 0.05) is 11.1 Å². The van der Waals surface area contributed by atoms with Gasteiger partial charge in [0.15, 0.2) is 0 Å². The normalized spacial score (nSPS) is 18.3. The van der Waals surface area contributed by atoms with E-state index in [0.29, 0.717) is 41.3 Å². The molecule has 0 radical (unpaired) electrons. The lowest BCUT2D eigenvalue weighted by molar-refractivity contribution is -0.137. The molecule has 1 aliphatic heterocycles. The fraction of sp³-hybridized carbons (Fsp3) is 0.382. The molecule has 0 bridgehead atoms. The van der Waals surface area contributed by atoms with Crippen molar-refractivity contribution in [3.8, 4) is 0 Å². The lowest BCUT2D eigenvalue weighted by atomic mass is 9.91. The molecule has 3 atom stereocenters. The summed E-state index contributed by atoms with van der Waals surface area (Å²) < 4.78 is 40.0. The monoisotopic (exact) mass is 591 g/mol. The van der Waals surface area contributed by atoms with Crippen LogP contribution >= 0.6 is 0 Å². The van der Waals surface area contributed by atoms with E-state index >= 15 is 0 Å². The van der Waals surface area contributed by atoms with E-state index in [4.69, 9.17) is 4.99 Å². The Bertz CT molecular complexity index is 1450. The summed E-state index contributed by atoms with van der Waals surface area (Å²) in [7, 11) is 0. The van der Waals surface area contributed by atoms with Crippen LogP contribution in [0.25, 0.3) is 0 Å². The van der Waals surface area contributed by atoms with Crippen LogP contribution in [-0.2, 0) is 22.3 Å². The van der Waals surface area contributed by atoms with Crippen LogP contribution in [0.15, 0.2) is 83.9 Å². The molecule has 1 heterocycles. The lowest BCUT2D eigenvalue weighted by Crippen LogP contribution is -2.50. The van der Waals surface area contributed by atoms with Crippen molar-refractivity contribution < 1.29 is 27.9 Å². The zero-order valence-electron chi connectivity index (χ0n) is 24.1. The molecule has 2 aliphatic rings. The second kappa shape index (κ2) is 13.1. The number of para-hydroxylation sites is 1. The Labute approximate surface area is 249 Å². The molecule has 1 unspecified atom stereocenters. The van der Waals surface area contributed by atoms with E-state index in [0.717, 1.165) is 43.4 Å². The van der Waals surface area contributed by atoms with E-state index in [1.807, 2.05) is 37.3 Å². The summed E-state index contributed by atoms with van der Waals surface area (Å²) in [6.45, 7) is 2.22. The molecule has 3 aromatic rings. The number of anilines is 1. The third kappa shape index (κ3) is 7.33. The van der Waals surface area contributed by atoms with Gasteiger partial charge in [-0.1, -0.05) is 93.3 Å². The number of halogens is 3. The highest BCUT2D eigenvalue weighted by Crippen LogP contribution is 2.37. The van der Waals surface area contributed by atoms with Crippen molar-refractivity contribution in [3.05, 3.63) is 101 Å². The fourth-order valence-corrected chi connectivity index (χ4v) is 5.51. The van der Waals surface area contributed by atoms with Crippen LogP contribution in [0.3, 0.4) is 0 Å². The Balaban J connectivity index is 1.55. The number of aliphatic hydroxyl groups is 1. The highest BCUT2D eigenvalue weighted by Gasteiger charge is 2.38. The number of rotatable bonds is 11. The summed E-state index contributed by atoms with van der Waals surface area (Å²) in [5.74, 6) is -1.25. The zero-order chi connectivity index (χ0) is 30.6. The van der Waals surface area contributed by atoms with Crippen LogP contribution in [0.5, 0.6) is 0 Å². The summed E-state index contributed by atoms with van der Waals surface area (Å²) in [4.78, 5) is 34.2. The number of nitrogens with zero attached hydrogens (tertiary/aromatic N) is 2. The Morgan fingerprint density at radius 2 is 1.70 bits per heavy atom. The number of aliphatic hydroxyl groups excluding tert-OH is 1. The van der Waals surface area contributed by atoms with Crippen molar-refractivity contribution in [2.45, 2.75) is 70.4 Å². The predicted molar refractivity (Wildman–Crippen MR) is 159 cm³/mol. The molecule has 0 aromatic heterocycles. The predicted octanol–water partition coefficient (Wildman–Crippen LogP) is 6.50. The zero-order valence-corrected chi connectivity index (χ0v) is 24.1. The van der Waals surface area contributed by atoms with Gasteiger partial charge < -0.3 is 15.3 Å². The summed E-state index contributed by atoms with van der Waals surface area (Å²) in [6, 6.07) is 21.1. The van der Waals surface area contributed by atoms with Crippen molar-refractivity contribution >= 4 is 23.2 Å². The number of hydrogen-bond donors (Lipinski definition) is 2. The van der Waals surface area contributed by atoms with Crippen LogP contribution in [-0.4, -0.2) is 34.9 Å². The van der Waals surface area contributed by atoms with Gasteiger partial charge >= 0.3 is 6.18 Å². The molecule has 1 saturated carbocycles. The number of unbranched alkanes of at least 4 members (excludes halogenated alkanes) is 1. The maximum Gasteiger partial charge on any atom is 0.416 e. The Kier molecular flexibility index (Phi) is 9.30. The van der Waals surface area contributed by atoms with E-state index in [1.165, 1.54) is 12.1 Å². The van der Waals surface area contributed by atoms with E-state index in [1.54, 1.807) is 29.2 Å². The minimum Gasteiger partial charge on any atom is -0.392 e. The molecule has 0 saturated heterocycles. The lowest BCUT2D eigenvalue weighted by Gasteiger charge is -2.27. The first-order valence-corrected chi connectivity index (χ1v) is 14.8. The average molecular weight is 592 g/mol. The summed E-state index contributed by atoms with van der Waals surface area (Å²) in [6.07, 6.45) is -2.04. The summed E-state index contributed by atoms with van der Waals surface area (Å²) in [5, 5.41) is 13.8. The van der Waals surface area contributed by atoms with Gasteiger partial charge in [0.1, 0.15) is 0 Å². The number of carbonyl (C=O) groups excluding carboxylic acids is 2. The van der Waals surface area contributed by atoms with Crippen molar-refractivity contribution in [2.24, 2.45) is 16.8 Å². The van der Waals surface area contributed by atoms with Crippen LogP contribution in [0.1, 0.15) is 67.7 Å². The number of fused-ring (bicyclic) bond motifs is 1. The van der Waals surface area contributed by atoms with E-state index in [2.05, 4.69) is 5.32 Å². The van der Waals surface area contributed by atoms with Crippen molar-refractivity contribution in [3.63, 3.8) is 0 Å². The number of hydrogen-bond acceptors (Lipinski definition) is 4. The van der Waals surface area contributed by atoms with Crippen molar-refractivity contribution in [1.82, 2.24) is 5.32 Å². The second-order valence-corrected chi connectivity index (χ2v) is 11.4. The standard InChI is InChI=1S/C34H36F3N3O3/c1-2-3-13-29(41)27(20-22-14-15-22)32(42)39-31-33(43)40(21-23-9-5-4-6-10-23)28-12-8-7-11-26(28)30(38-31)24-16-18-25(19-17-24)34(35,36)37/h4-12,16-19,22,27,29,31,41H,2-3,13-15,20-21H2,1H3,(H,39,42)/t27-,29-,31?/m0/s1. The van der Waals surface area contributed by atoms with Gasteiger partial charge in [-0.05, 0) is 42.5 Å². The second-order valence-electron chi connectivity index (χ2n) is 11.4. The molecular weight excluding hydrogens is 555 g/mol. The third-order valence-electron chi connectivity index (χ3n) is 8.10. The van der Waals surface area contributed by atoms with Gasteiger partial charge in [-0.3, -0.25) is 9.59 Å². The van der Waals surface area contributed by atoms with Crippen LogP contribution in [0, 0.1) is 11.8 Å². The number of nitrogens with one attached hydrogen (secondary N) is 1. The molecule has 3 aromatic carbocycles. The Morgan fingerprint density at radius 3 is 2.35 bits per heavy atom. The van der Waals surface area contributed by atoms with Crippen LogP contribution in [0.4, 0.5) is 18.9 Å². The van der Waals surface area contributed by atoms with E-state index in [-0.39, 0.29) is 6.54 Å². The minimum atomic E-state index is -4.50. The van der Waals surface area contributed by atoms with Gasteiger partial charge in [0.05, 0.1) is 35.5 Å². The van der Waals surface area contributed by atoms with Crippen LogP contribution < -0.4 is 10.2 Å². The fourth-order valence-electron chi connectivity index (χ4n) is 5.51. The van der Waals surface area contributed by atoms with Gasteiger partial charge in [-0.25, -0.2) is 4.99 Å². The molecule has 226 valence electrons. The van der Waals surface area contributed by atoms with Gasteiger partial charge in [0.25, 0.3) is 5.91 Å². The Morgan fingerprint density at radius 1 is 1.02 bits per heavy atom. The van der Waals surface area contributed by atoms with E-state index in [9.17, 15) is 27.9 Å². The van der Waals surface area contributed by atoms with Crippen LogP contribution in [0.2, 0.25) is 0 Å². The minimum absolute atomic E-state index is 0.198. The largest absolute Gasteiger partial charge is 0.416 e. The Hall–Kier alpha value is -3.98. The molecular formula is C34H36F3N3O3. The first-order valence-electron chi connectivity index (χ1n) is 14.8. The highest BCUT2D eigenvalue weighted by atomic mass is 19.4. The van der Waals surface area contributed by atoms with E-state index < -0.39 is 41.7 Å². The molecule has 6 nitrogen and oxygen atoms in total. The topological polar surface area (TPSA) is 82.0 Å². The quantitative estimate of drug-likeness (QED) is 0.267. The number of amides is 2. The SMILES string of the molecule is CCCC[C@H](O)[C@H](CC1CC1)C(=O)NC1N=C(c2ccc(C(F)(F)F)cc2)c2ccccc2N(Cc2ccccc2)C1=O. The number of carbonyl (C=O) groups is 2. The smallest absolute Gasteiger partial charge is 0.392 e. The maximum absolute atomic E-state index is 14.2. The summed E-state index contributed by atoms with van der Waals surface area (Å²) in [5.41, 5.74) is 1.82. The molecule has 2 N–H and O–H groups in total. The molecule has 5 rings (SSSR count). The molecule has 0 spiro atoms. The van der Waals surface area contributed by atoms with Crippen molar-refractivity contribution in [2.75, 3.05) is 4.90 Å². The van der Waals surface area contributed by atoms with Gasteiger partial charge in [-0.15, -0.1) is 0 Å². The molecule has 1 fully saturated rings. The molecule has 43 heavy (non-hydrogen) atoms.